The predicted octanol–water partition coefficient (Wildman–Crippen LogP) is 2.99. The van der Waals surface area contributed by atoms with E-state index in [1.807, 2.05) is 6.07 Å². The molecule has 0 saturated heterocycles. The number of halogens is 2. The number of aromatic nitrogens is 1. The topological polar surface area (TPSA) is 22.1 Å². The molecule has 0 bridgehead atoms. The Morgan fingerprint density at radius 2 is 2.33 bits per heavy atom. The summed E-state index contributed by atoms with van der Waals surface area (Å²) in [4.78, 5) is 4.13. The van der Waals surface area contributed by atoms with Crippen LogP contribution in [0.15, 0.2) is 16.7 Å². The fourth-order valence-electron chi connectivity index (χ4n) is 0.852. The largest absolute Gasteiger partial charge is 0.489 e. The van der Waals surface area contributed by atoms with Gasteiger partial charge in [0, 0.05) is 12.3 Å². The minimum absolute atomic E-state index is 0.444. The van der Waals surface area contributed by atoms with Crippen LogP contribution in [0.2, 0.25) is 0 Å². The van der Waals surface area contributed by atoms with Gasteiger partial charge < -0.3 is 4.74 Å². The van der Waals surface area contributed by atoms with Gasteiger partial charge in [0.15, 0.2) is 0 Å². The van der Waals surface area contributed by atoms with Gasteiger partial charge in [0.1, 0.15) is 9.45 Å². The quantitative estimate of drug-likeness (QED) is 0.610. The first-order valence-corrected chi connectivity index (χ1v) is 5.60. The molecule has 0 aromatic carbocycles. The summed E-state index contributed by atoms with van der Waals surface area (Å²) < 4.78 is 7.55. The number of nitrogens with zero attached hydrogens (tertiary/aromatic N) is 1. The van der Waals surface area contributed by atoms with Crippen LogP contribution in [-0.2, 0) is 0 Å². The van der Waals surface area contributed by atoms with Gasteiger partial charge in [-0.1, -0.05) is 0 Å². The lowest BCUT2D eigenvalue weighted by Crippen LogP contribution is -1.97. The molecule has 12 heavy (non-hydrogen) atoms. The van der Waals surface area contributed by atoms with E-state index in [0.29, 0.717) is 6.10 Å². The van der Waals surface area contributed by atoms with Crippen molar-refractivity contribution in [1.82, 2.24) is 4.98 Å². The standard InChI is InChI=1S/C8H7BrINO/c9-6-4-11-8(10)3-7(6)12-5-1-2-5/h3-5H,1-2H2. The van der Waals surface area contributed by atoms with E-state index in [-0.39, 0.29) is 0 Å². The summed E-state index contributed by atoms with van der Waals surface area (Å²) in [5, 5.41) is 0. The number of rotatable bonds is 2. The SMILES string of the molecule is Brc1cnc(I)cc1OC1CC1. The summed E-state index contributed by atoms with van der Waals surface area (Å²) >= 11 is 5.57. The highest BCUT2D eigenvalue weighted by Crippen LogP contribution is 2.32. The first-order valence-electron chi connectivity index (χ1n) is 3.73. The summed E-state index contributed by atoms with van der Waals surface area (Å²) in [5.41, 5.74) is 0. The second-order valence-corrected chi connectivity index (χ2v) is 4.71. The van der Waals surface area contributed by atoms with Gasteiger partial charge >= 0.3 is 0 Å². The molecule has 0 spiro atoms. The van der Waals surface area contributed by atoms with Crippen LogP contribution in [0.4, 0.5) is 0 Å². The Morgan fingerprint density at radius 3 is 3.00 bits per heavy atom. The van der Waals surface area contributed by atoms with Crippen molar-refractivity contribution in [2.45, 2.75) is 18.9 Å². The molecule has 1 aliphatic carbocycles. The molecule has 4 heteroatoms. The van der Waals surface area contributed by atoms with Crippen LogP contribution in [0.5, 0.6) is 5.75 Å². The van der Waals surface area contributed by atoms with E-state index in [1.54, 1.807) is 6.20 Å². The van der Waals surface area contributed by atoms with Crippen LogP contribution in [0.1, 0.15) is 12.8 Å². The maximum absolute atomic E-state index is 5.65. The minimum atomic E-state index is 0.444. The van der Waals surface area contributed by atoms with E-state index in [2.05, 4.69) is 43.5 Å². The summed E-state index contributed by atoms with van der Waals surface area (Å²) in [7, 11) is 0. The molecule has 0 aliphatic heterocycles. The van der Waals surface area contributed by atoms with E-state index in [4.69, 9.17) is 4.74 Å². The zero-order valence-electron chi connectivity index (χ0n) is 6.26. The van der Waals surface area contributed by atoms with Crippen LogP contribution >= 0.6 is 38.5 Å². The highest BCUT2D eigenvalue weighted by atomic mass is 127. The number of ether oxygens (including phenoxy) is 1. The van der Waals surface area contributed by atoms with Crippen molar-refractivity contribution >= 4 is 38.5 Å². The van der Waals surface area contributed by atoms with Gasteiger partial charge in [0.2, 0.25) is 0 Å². The van der Waals surface area contributed by atoms with Crippen LogP contribution in [0, 0.1) is 3.70 Å². The molecule has 2 rings (SSSR count). The van der Waals surface area contributed by atoms with E-state index < -0.39 is 0 Å². The Bertz CT molecular complexity index is 301. The Balaban J connectivity index is 2.21. The zero-order chi connectivity index (χ0) is 8.55. The molecule has 1 aromatic heterocycles. The van der Waals surface area contributed by atoms with Gasteiger partial charge in [-0.05, 0) is 51.4 Å². The van der Waals surface area contributed by atoms with Crippen molar-refractivity contribution < 1.29 is 4.74 Å². The second kappa shape index (κ2) is 3.49. The first-order chi connectivity index (χ1) is 5.75. The van der Waals surface area contributed by atoms with Crippen molar-refractivity contribution in [3.05, 3.63) is 20.4 Å². The molecule has 1 aliphatic rings. The molecule has 64 valence electrons. The highest BCUT2D eigenvalue weighted by molar-refractivity contribution is 14.1. The van der Waals surface area contributed by atoms with Crippen molar-refractivity contribution in [3.63, 3.8) is 0 Å². The molecule has 0 unspecified atom stereocenters. The third-order valence-electron chi connectivity index (χ3n) is 1.60. The maximum atomic E-state index is 5.65. The van der Waals surface area contributed by atoms with Crippen LogP contribution in [-0.4, -0.2) is 11.1 Å². The minimum Gasteiger partial charge on any atom is -0.489 e. The average molecular weight is 340 g/mol. The van der Waals surface area contributed by atoms with E-state index >= 15 is 0 Å². The van der Waals surface area contributed by atoms with Gasteiger partial charge in [-0.3, -0.25) is 0 Å². The Hall–Kier alpha value is 0.160. The third-order valence-corrected chi connectivity index (χ3v) is 2.79. The molecule has 1 heterocycles. The summed E-state index contributed by atoms with van der Waals surface area (Å²) in [6.07, 6.45) is 4.59. The fraction of sp³-hybridized carbons (Fsp3) is 0.375. The van der Waals surface area contributed by atoms with Gasteiger partial charge in [-0.2, -0.15) is 0 Å². The molecule has 0 radical (unpaired) electrons. The van der Waals surface area contributed by atoms with Crippen LogP contribution in [0.3, 0.4) is 0 Å². The monoisotopic (exact) mass is 339 g/mol. The molecular weight excluding hydrogens is 333 g/mol. The summed E-state index contributed by atoms with van der Waals surface area (Å²) in [6.45, 7) is 0. The van der Waals surface area contributed by atoms with E-state index in [9.17, 15) is 0 Å². The molecule has 0 N–H and O–H groups in total. The normalized spacial score (nSPS) is 16.2. The number of pyridine rings is 1. The van der Waals surface area contributed by atoms with Gasteiger partial charge in [0.25, 0.3) is 0 Å². The van der Waals surface area contributed by atoms with Crippen LogP contribution < -0.4 is 4.74 Å². The number of hydrogen-bond acceptors (Lipinski definition) is 2. The molecule has 0 amide bonds. The molecule has 1 saturated carbocycles. The lowest BCUT2D eigenvalue weighted by Gasteiger charge is -2.05. The molecule has 0 atom stereocenters. The highest BCUT2D eigenvalue weighted by Gasteiger charge is 2.24. The molecular formula is C8H7BrINO. The fourth-order valence-corrected chi connectivity index (χ4v) is 1.58. The van der Waals surface area contributed by atoms with Crippen molar-refractivity contribution in [2.24, 2.45) is 0 Å². The summed E-state index contributed by atoms with van der Waals surface area (Å²) in [5.74, 6) is 0.914. The lowest BCUT2D eigenvalue weighted by molar-refractivity contribution is 0.300. The lowest BCUT2D eigenvalue weighted by atomic mass is 10.4. The van der Waals surface area contributed by atoms with Gasteiger partial charge in [-0.15, -0.1) is 0 Å². The molecule has 1 fully saturated rings. The van der Waals surface area contributed by atoms with E-state index in [1.165, 1.54) is 12.8 Å². The van der Waals surface area contributed by atoms with Crippen molar-refractivity contribution in [1.29, 1.82) is 0 Å². The van der Waals surface area contributed by atoms with E-state index in [0.717, 1.165) is 13.9 Å². The van der Waals surface area contributed by atoms with Gasteiger partial charge in [0.05, 0.1) is 10.6 Å². The Morgan fingerprint density at radius 1 is 1.58 bits per heavy atom. The van der Waals surface area contributed by atoms with Gasteiger partial charge in [-0.25, -0.2) is 4.98 Å². The molecule has 1 aromatic rings. The Kier molecular flexibility index (Phi) is 2.55. The van der Waals surface area contributed by atoms with Crippen molar-refractivity contribution in [2.75, 3.05) is 0 Å². The maximum Gasteiger partial charge on any atom is 0.138 e. The third kappa shape index (κ3) is 2.10. The van der Waals surface area contributed by atoms with Crippen LogP contribution in [0.25, 0.3) is 0 Å². The predicted molar refractivity (Wildman–Crippen MR) is 58.3 cm³/mol. The smallest absolute Gasteiger partial charge is 0.138 e. The average Bonchev–Trinajstić information content (AvgIpc) is 2.81. The first kappa shape index (κ1) is 8.74. The molecule has 2 nitrogen and oxygen atoms in total. The second-order valence-electron chi connectivity index (χ2n) is 2.75. The van der Waals surface area contributed by atoms with Crippen molar-refractivity contribution in [3.8, 4) is 5.75 Å². The number of hydrogen-bond donors (Lipinski definition) is 0. The Labute approximate surface area is 93.0 Å². The summed E-state index contributed by atoms with van der Waals surface area (Å²) in [6, 6.07) is 1.95. The zero-order valence-corrected chi connectivity index (χ0v) is 10.0.